The van der Waals surface area contributed by atoms with E-state index < -0.39 is 0 Å². The molecule has 0 unspecified atom stereocenters. The van der Waals surface area contributed by atoms with Gasteiger partial charge < -0.3 is 0 Å². The van der Waals surface area contributed by atoms with Crippen molar-refractivity contribution in [2.75, 3.05) is 0 Å². The highest BCUT2D eigenvalue weighted by Crippen LogP contribution is 2.22. The summed E-state index contributed by atoms with van der Waals surface area (Å²) in [7, 11) is 0. The van der Waals surface area contributed by atoms with Gasteiger partial charge in [-0.15, -0.1) is 0 Å². The molecule has 0 amide bonds. The van der Waals surface area contributed by atoms with Crippen LogP contribution in [-0.4, -0.2) is 4.98 Å². The Balaban J connectivity index is 0. The zero-order chi connectivity index (χ0) is 19.0. The third-order valence-electron chi connectivity index (χ3n) is 3.65. The first-order valence-electron chi connectivity index (χ1n) is 9.00. The molecule has 0 atom stereocenters. The Bertz CT molecular complexity index is 542. The van der Waals surface area contributed by atoms with Crippen molar-refractivity contribution in [2.24, 2.45) is 0 Å². The summed E-state index contributed by atoms with van der Waals surface area (Å²) in [4.78, 5) is 4.15. The van der Waals surface area contributed by atoms with Crippen LogP contribution in [-0.2, 0) is 10.8 Å². The molecule has 0 aliphatic rings. The highest BCUT2D eigenvalue weighted by atomic mass is 14.6. The second-order valence-electron chi connectivity index (χ2n) is 8.06. The maximum absolute atomic E-state index is 4.15. The number of aromatic nitrogens is 1. The summed E-state index contributed by atoms with van der Waals surface area (Å²) in [5, 5.41) is 0. The average molecular weight is 344 g/mol. The molecule has 1 heteroatoms. The summed E-state index contributed by atoms with van der Waals surface area (Å²) < 4.78 is 0. The molecule has 25 heavy (non-hydrogen) atoms. The number of rotatable bonds is 0. The Labute approximate surface area is 157 Å². The molecule has 1 aromatic carbocycles. The molecule has 0 spiro atoms. The predicted molar refractivity (Wildman–Crippen MR) is 116 cm³/mol. The van der Waals surface area contributed by atoms with Gasteiger partial charge in [-0.05, 0) is 47.9 Å². The molecule has 1 nitrogen and oxygen atoms in total. The van der Waals surface area contributed by atoms with Gasteiger partial charge in [0.05, 0.1) is 0 Å². The maximum atomic E-state index is 4.15. The van der Waals surface area contributed by atoms with Gasteiger partial charge in [0.2, 0.25) is 0 Å². The van der Waals surface area contributed by atoms with E-state index in [1.165, 1.54) is 16.7 Å². The first kappa shape index (κ1) is 25.6. The number of pyridine rings is 1. The van der Waals surface area contributed by atoms with Gasteiger partial charge >= 0.3 is 0 Å². The van der Waals surface area contributed by atoms with Crippen molar-refractivity contribution >= 4 is 0 Å². The molecule has 0 radical (unpaired) electrons. The van der Waals surface area contributed by atoms with E-state index in [1.54, 1.807) is 0 Å². The van der Waals surface area contributed by atoms with E-state index in [2.05, 4.69) is 89.8 Å². The SMILES string of the molecule is C.CC.Cc1cc(C(C)(C)C)ccn1.Cc1cccc(C(C)(C)C)c1. The third kappa shape index (κ3) is 10.1. The van der Waals surface area contributed by atoms with Crippen molar-refractivity contribution in [3.05, 3.63) is 65.0 Å². The fraction of sp³-hybridized carbons (Fsp3) is 0.542. The van der Waals surface area contributed by atoms with Crippen LogP contribution in [0.15, 0.2) is 42.6 Å². The Morgan fingerprint density at radius 3 is 1.52 bits per heavy atom. The number of nitrogens with zero attached hydrogens (tertiary/aromatic N) is 1. The molecule has 0 saturated heterocycles. The van der Waals surface area contributed by atoms with Gasteiger partial charge in [-0.25, -0.2) is 0 Å². The second kappa shape index (κ2) is 11.1. The standard InChI is InChI=1S/C11H16.C10H15N.C2H6.CH4/c1-9-6-5-7-10(8-9)11(2,3)4;1-8-7-9(5-6-11-8)10(2,3)4;1-2;/h5-8H,1-4H3;5-7H,1-4H3;1-2H3;1H4. The topological polar surface area (TPSA) is 12.9 Å². The quantitative estimate of drug-likeness (QED) is 0.479. The maximum Gasteiger partial charge on any atom is 0.0375 e. The lowest BCUT2D eigenvalue weighted by Gasteiger charge is -2.19. The summed E-state index contributed by atoms with van der Waals surface area (Å²) >= 11 is 0. The van der Waals surface area contributed by atoms with Crippen LogP contribution in [0, 0.1) is 13.8 Å². The van der Waals surface area contributed by atoms with Gasteiger partial charge in [-0.1, -0.05) is 92.6 Å². The van der Waals surface area contributed by atoms with E-state index in [-0.39, 0.29) is 18.3 Å². The second-order valence-corrected chi connectivity index (χ2v) is 8.06. The highest BCUT2D eigenvalue weighted by molar-refractivity contribution is 5.27. The van der Waals surface area contributed by atoms with Crippen LogP contribution in [0.2, 0.25) is 0 Å². The zero-order valence-electron chi connectivity index (χ0n) is 17.5. The Kier molecular flexibility index (Phi) is 11.3. The van der Waals surface area contributed by atoms with E-state index in [9.17, 15) is 0 Å². The van der Waals surface area contributed by atoms with Crippen molar-refractivity contribution in [2.45, 2.75) is 87.5 Å². The number of hydrogen-bond acceptors (Lipinski definition) is 1. The molecule has 2 rings (SSSR count). The molecule has 0 N–H and O–H groups in total. The molecular weight excluding hydrogens is 302 g/mol. The van der Waals surface area contributed by atoms with Crippen molar-refractivity contribution < 1.29 is 0 Å². The summed E-state index contributed by atoms with van der Waals surface area (Å²) in [6, 6.07) is 12.9. The van der Waals surface area contributed by atoms with Crippen molar-refractivity contribution in [3.63, 3.8) is 0 Å². The number of hydrogen-bond donors (Lipinski definition) is 0. The van der Waals surface area contributed by atoms with Gasteiger partial charge in [-0.3, -0.25) is 4.98 Å². The monoisotopic (exact) mass is 343 g/mol. The summed E-state index contributed by atoms with van der Waals surface area (Å²) in [5.74, 6) is 0. The molecule has 0 aliphatic heterocycles. The van der Waals surface area contributed by atoms with Gasteiger partial charge in [-0.2, -0.15) is 0 Å². The third-order valence-corrected chi connectivity index (χ3v) is 3.65. The lowest BCUT2D eigenvalue weighted by molar-refractivity contribution is 0.588. The zero-order valence-corrected chi connectivity index (χ0v) is 17.5. The molecule has 0 fully saturated rings. The molecule has 142 valence electrons. The van der Waals surface area contributed by atoms with Crippen LogP contribution >= 0.6 is 0 Å². The Morgan fingerprint density at radius 2 is 1.20 bits per heavy atom. The molecule has 1 aromatic heterocycles. The van der Waals surface area contributed by atoms with Gasteiger partial charge in [0, 0.05) is 11.9 Å². The number of benzene rings is 1. The molecule has 2 aromatic rings. The van der Waals surface area contributed by atoms with Crippen LogP contribution in [0.25, 0.3) is 0 Å². The molecule has 0 aliphatic carbocycles. The minimum absolute atomic E-state index is 0. The highest BCUT2D eigenvalue weighted by Gasteiger charge is 2.13. The summed E-state index contributed by atoms with van der Waals surface area (Å²) in [6.45, 7) is 21.5. The fourth-order valence-electron chi connectivity index (χ4n) is 2.12. The Morgan fingerprint density at radius 1 is 0.720 bits per heavy atom. The summed E-state index contributed by atoms with van der Waals surface area (Å²) in [6.07, 6.45) is 1.87. The van der Waals surface area contributed by atoms with Crippen molar-refractivity contribution in [1.29, 1.82) is 0 Å². The number of aryl methyl sites for hydroxylation is 2. The van der Waals surface area contributed by atoms with Crippen molar-refractivity contribution in [1.82, 2.24) is 4.98 Å². The van der Waals surface area contributed by atoms with E-state index >= 15 is 0 Å². The fourth-order valence-corrected chi connectivity index (χ4v) is 2.12. The molecule has 1 heterocycles. The van der Waals surface area contributed by atoms with E-state index in [0.717, 1.165) is 5.69 Å². The molecule has 0 bridgehead atoms. The predicted octanol–water partition coefficient (Wildman–Crippen LogP) is 7.64. The molecular formula is C24H41N. The lowest BCUT2D eigenvalue weighted by atomic mass is 9.86. The normalized spacial score (nSPS) is 10.5. The van der Waals surface area contributed by atoms with Gasteiger partial charge in [0.1, 0.15) is 0 Å². The van der Waals surface area contributed by atoms with Crippen molar-refractivity contribution in [3.8, 4) is 0 Å². The Hall–Kier alpha value is -1.63. The minimum Gasteiger partial charge on any atom is -0.262 e. The first-order chi connectivity index (χ1) is 11.0. The van der Waals surface area contributed by atoms with Crippen LogP contribution in [0.5, 0.6) is 0 Å². The summed E-state index contributed by atoms with van der Waals surface area (Å²) in [5.41, 5.74) is 5.73. The van der Waals surface area contributed by atoms with Crippen LogP contribution < -0.4 is 0 Å². The lowest BCUT2D eigenvalue weighted by Crippen LogP contribution is -2.11. The van der Waals surface area contributed by atoms with Gasteiger partial charge in [0.25, 0.3) is 0 Å². The van der Waals surface area contributed by atoms with E-state index in [0.29, 0.717) is 0 Å². The van der Waals surface area contributed by atoms with E-state index in [4.69, 9.17) is 0 Å². The minimum atomic E-state index is 0. The molecule has 0 saturated carbocycles. The van der Waals surface area contributed by atoms with Crippen LogP contribution in [0.4, 0.5) is 0 Å². The van der Waals surface area contributed by atoms with Gasteiger partial charge in [0.15, 0.2) is 0 Å². The smallest absolute Gasteiger partial charge is 0.0375 e. The van der Waals surface area contributed by atoms with Crippen LogP contribution in [0.3, 0.4) is 0 Å². The average Bonchev–Trinajstić information content (AvgIpc) is 2.48. The van der Waals surface area contributed by atoms with E-state index in [1.807, 2.05) is 27.0 Å². The largest absolute Gasteiger partial charge is 0.262 e. The first-order valence-corrected chi connectivity index (χ1v) is 9.00. The van der Waals surface area contributed by atoms with Crippen LogP contribution in [0.1, 0.15) is 85.2 Å².